The number of likely N-dealkylation sites (tertiary alicyclic amines) is 5. The number of carbonyl (C=O) groups excluding carboxylic acids is 5. The molecule has 17 nitrogen and oxygen atoms in total. The number of hydrogen-bond acceptors (Lipinski definition) is 13. The molecule has 0 unspecified atom stereocenters. The molecule has 23 rings (SSSR count). The fraction of sp³-hybridized carbons (Fsp3) is 0.363. The number of aliphatic hydroxyl groups is 1. The smallest absolute Gasteiger partial charge is 0.326 e. The van der Waals surface area contributed by atoms with E-state index in [-0.39, 0.29) is 99.7 Å². The molecule has 5 aliphatic heterocycles. The van der Waals surface area contributed by atoms with Crippen molar-refractivity contribution in [1.29, 1.82) is 0 Å². The molecule has 4 aliphatic carbocycles. The molecule has 5 amide bonds. The number of benzene rings is 11. The lowest BCUT2D eigenvalue weighted by atomic mass is 9.49. The third-order valence-corrected chi connectivity index (χ3v) is 33.2. The number of halogens is 6. The van der Waals surface area contributed by atoms with Gasteiger partial charge in [-0.1, -0.05) is 212 Å². The maximum absolute atomic E-state index is 14.5. The summed E-state index contributed by atoms with van der Waals surface area (Å²) in [7, 11) is 0. The van der Waals surface area contributed by atoms with E-state index in [0.717, 1.165) is 262 Å². The fourth-order valence-electron chi connectivity index (χ4n) is 23.9. The number of para-hydroxylation sites is 2. The summed E-state index contributed by atoms with van der Waals surface area (Å²) in [6, 6.07) is 89.5. The molecule has 5 saturated heterocycles. The monoisotopic (exact) mass is 2050 g/mol. The lowest BCUT2D eigenvalue weighted by molar-refractivity contribution is -0.147. The number of rotatable bonds is 30. The molecule has 14 aromatic rings. The van der Waals surface area contributed by atoms with Crippen LogP contribution in [0, 0.1) is 71.9 Å². The van der Waals surface area contributed by atoms with E-state index < -0.39 is 29.6 Å². The SMILES string of the molecule is Cc1ccccc1C(C(=O)N[C@H]1CCN(CCc2ccc(F)cc2)C1)c1ccccc1C.O=C(N[C@H]1CCN(CCc2ccc(F)cc2)C1)C(c1ccccc1F)c1ccccc1F.O=C(N[C@H]1CCN(CCc2ccc(F)cc2)C1)C(c1cccs1)c1cccs1.O=C(N[C@H]1CCN(CCc2ccc(F)cc2)C1)n1c2ccccc2c2ccccc21.O=C(N[C@H]1CCN(C[C@@H](O)c2ccccc2)C1)C12CC3CC(CC(C3)C1)C2. The number of nitrogens with zero attached hydrogens (tertiary/aromatic N) is 6. The molecule has 9 fully saturated rings. The van der Waals surface area contributed by atoms with E-state index in [0.29, 0.717) is 19.0 Å². The minimum absolute atomic E-state index is 0.0499. The first kappa shape index (κ1) is 106. The number of aliphatic hydroxyl groups excluding tert-OH is 1. The van der Waals surface area contributed by atoms with Gasteiger partial charge in [0, 0.05) is 165 Å². The highest BCUT2D eigenvalue weighted by Crippen LogP contribution is 2.60. The highest BCUT2D eigenvalue weighted by atomic mass is 32.1. The van der Waals surface area contributed by atoms with Crippen LogP contribution in [0.3, 0.4) is 0 Å². The van der Waals surface area contributed by atoms with Crippen molar-refractivity contribution in [3.63, 3.8) is 0 Å². The summed E-state index contributed by atoms with van der Waals surface area (Å²) in [5.74, 6) is -1.000. The molecule has 149 heavy (non-hydrogen) atoms. The molecule has 6 N–H and O–H groups in total. The summed E-state index contributed by atoms with van der Waals surface area (Å²) in [6.07, 6.45) is 15.1. The normalized spacial score (nSPS) is 20.8. The first-order chi connectivity index (χ1) is 72.5. The van der Waals surface area contributed by atoms with E-state index in [9.17, 15) is 55.4 Å². The Hall–Kier alpha value is -12.7. The van der Waals surface area contributed by atoms with Gasteiger partial charge in [-0.3, -0.25) is 28.6 Å². The number of aryl methyl sites for hydroxylation is 2. The van der Waals surface area contributed by atoms with Crippen LogP contribution in [0.2, 0.25) is 0 Å². The maximum atomic E-state index is 14.5. The average Bonchev–Trinajstić information content (AvgIpc) is 1.72. The number of fused-ring (bicyclic) bond motifs is 3. The predicted molar refractivity (Wildman–Crippen MR) is 582 cm³/mol. The molecule has 4 bridgehead atoms. The summed E-state index contributed by atoms with van der Waals surface area (Å²) in [5.41, 5.74) is 11.9. The topological polar surface area (TPSA) is 187 Å². The molecular weight excluding hydrogens is 1920 g/mol. The van der Waals surface area contributed by atoms with Gasteiger partial charge in [-0.15, -0.1) is 22.7 Å². The van der Waals surface area contributed by atoms with E-state index in [1.165, 1.54) is 92.1 Å². The minimum atomic E-state index is -1.06. The van der Waals surface area contributed by atoms with Gasteiger partial charge in [0.15, 0.2) is 0 Å². The Balaban J connectivity index is 0.000000122. The molecule has 11 aromatic carbocycles. The zero-order chi connectivity index (χ0) is 103. The Morgan fingerprint density at radius 3 is 1.03 bits per heavy atom. The Kier molecular flexibility index (Phi) is 36.2. The van der Waals surface area contributed by atoms with Crippen molar-refractivity contribution in [2.24, 2.45) is 23.2 Å². The van der Waals surface area contributed by atoms with Crippen molar-refractivity contribution < 1.29 is 55.4 Å². The molecule has 9 aliphatic rings. The van der Waals surface area contributed by atoms with Gasteiger partial charge < -0.3 is 51.3 Å². The number of amides is 5. The van der Waals surface area contributed by atoms with E-state index in [1.807, 2.05) is 162 Å². The third kappa shape index (κ3) is 28.0. The summed E-state index contributed by atoms with van der Waals surface area (Å²) >= 11 is 3.26. The number of aromatic nitrogens is 1. The molecule has 0 radical (unpaired) electrons. The maximum Gasteiger partial charge on any atom is 0.326 e. The average molecular weight is 2050 g/mol. The molecule has 4 saturated carbocycles. The van der Waals surface area contributed by atoms with Gasteiger partial charge in [-0.25, -0.2) is 31.1 Å². The Labute approximate surface area is 878 Å². The van der Waals surface area contributed by atoms with E-state index in [4.69, 9.17) is 0 Å². The highest BCUT2D eigenvalue weighted by Gasteiger charge is 2.55. The molecule has 776 valence electrons. The van der Waals surface area contributed by atoms with Gasteiger partial charge in [-0.2, -0.15) is 0 Å². The molecule has 25 heteroatoms. The van der Waals surface area contributed by atoms with Crippen LogP contribution in [0.15, 0.2) is 308 Å². The summed E-state index contributed by atoms with van der Waals surface area (Å²) in [5, 5.41) is 33.0. The van der Waals surface area contributed by atoms with Crippen LogP contribution in [-0.4, -0.2) is 192 Å². The molecular formula is C124H135F6N11O6S2. The molecule has 8 heterocycles. The van der Waals surface area contributed by atoms with Crippen LogP contribution in [-0.2, 0) is 44.9 Å². The first-order valence-electron chi connectivity index (χ1n) is 53.0. The largest absolute Gasteiger partial charge is 0.387 e. The van der Waals surface area contributed by atoms with Crippen molar-refractivity contribution >= 4 is 74.1 Å². The van der Waals surface area contributed by atoms with Crippen molar-refractivity contribution in [1.82, 2.24) is 55.7 Å². The Morgan fingerprint density at radius 1 is 0.342 bits per heavy atom. The van der Waals surface area contributed by atoms with Crippen molar-refractivity contribution in [3.8, 4) is 0 Å². The third-order valence-electron chi connectivity index (χ3n) is 31.4. The second-order valence-corrected chi connectivity index (χ2v) is 43.9. The van der Waals surface area contributed by atoms with E-state index in [2.05, 4.69) is 101 Å². The van der Waals surface area contributed by atoms with E-state index in [1.54, 1.807) is 63.6 Å². The summed E-state index contributed by atoms with van der Waals surface area (Å²) in [6.45, 7) is 17.1. The predicted octanol–water partition coefficient (Wildman–Crippen LogP) is 22.1. The van der Waals surface area contributed by atoms with E-state index >= 15 is 0 Å². The van der Waals surface area contributed by atoms with Crippen LogP contribution < -0.4 is 26.6 Å². The minimum Gasteiger partial charge on any atom is -0.387 e. The van der Waals surface area contributed by atoms with Crippen LogP contribution >= 0.6 is 22.7 Å². The fourth-order valence-corrected chi connectivity index (χ4v) is 25.7. The van der Waals surface area contributed by atoms with Crippen molar-refractivity contribution in [2.75, 3.05) is 98.2 Å². The number of nitrogens with one attached hydrogen (secondary N) is 5. The number of carbonyl (C=O) groups is 5. The highest BCUT2D eigenvalue weighted by molar-refractivity contribution is 7.12. The quantitative estimate of drug-likeness (QED) is 0.0235. The van der Waals surface area contributed by atoms with Crippen LogP contribution in [0.5, 0.6) is 0 Å². The van der Waals surface area contributed by atoms with Gasteiger partial charge >= 0.3 is 6.03 Å². The summed E-state index contributed by atoms with van der Waals surface area (Å²) < 4.78 is 83.1. The molecule has 0 spiro atoms. The number of β-amino-alcohol motifs (C(OH)–C–C–N with tert-alkyl or cyclic N) is 1. The van der Waals surface area contributed by atoms with Crippen LogP contribution in [0.4, 0.5) is 31.1 Å². The van der Waals surface area contributed by atoms with Gasteiger partial charge in [0.1, 0.15) is 40.8 Å². The molecule has 6 atom stereocenters. The Morgan fingerprint density at radius 2 is 0.658 bits per heavy atom. The summed E-state index contributed by atoms with van der Waals surface area (Å²) in [4.78, 5) is 80.1. The van der Waals surface area contributed by atoms with Gasteiger partial charge in [-0.05, 0) is 274 Å². The van der Waals surface area contributed by atoms with Crippen LogP contribution in [0.1, 0.15) is 165 Å². The lowest BCUT2D eigenvalue weighted by Crippen LogP contribution is -2.55. The van der Waals surface area contributed by atoms with Gasteiger partial charge in [0.05, 0.1) is 29.0 Å². The molecule has 3 aromatic heterocycles. The standard InChI is InChI=1S/C28H31FN2O.C26H25F3N2O.C25H24FN3O.C23H32N2O2.C22H23FN2OS2/c1-20-7-3-5-9-25(20)27(26-10-6-4-8-21(26)2)28(32)30-24-16-18-31(19-24)17-15-22-11-13-23(29)14-12-22;27-19-11-9-18(10-12-19)13-15-31-16-14-20(17-31)30-26(32)25(21-5-1-3-7-23(21)28)22-6-2-4-8-24(22)29;26-19-11-9-18(10-12-19)13-15-28-16-14-20(17-28)27-25(30)29-23-7-3-1-5-21(23)22-6-2-4-8-24(22)29;26-21(19-4-2-1-3-5-19)15-25-7-6-20(14-25)24-22(27)23-11-16-8-17(12-23)10-18(9-16)13-23;23-17-7-5-16(6-8-17)9-11-25-12-10-18(15-25)24-22(26)21(19-3-1-13-27-19)20-4-2-14-28-20/h3-14,24,27H,15-19H2,1-2H3,(H,30,32);1-12,20,25H,13-17H2,(H,30,32);1-12,20H,13-17H2,(H,27,30);1-5,16-18,20-21,26H,6-15H2,(H,24,27);1-8,13-14,18,21H,9-12,15H2,(H,24,26)/t24-;2*20-;16?,17?,18?,20-,21+,23?;18-/m00000/s1. The van der Waals surface area contributed by atoms with Gasteiger partial charge in [0.25, 0.3) is 0 Å². The number of hydrogen-bond donors (Lipinski definition) is 6. The lowest BCUT2D eigenvalue weighted by Gasteiger charge is -2.55. The second-order valence-electron chi connectivity index (χ2n) is 41.9. The van der Waals surface area contributed by atoms with Crippen molar-refractivity contribution in [2.45, 2.75) is 164 Å². The van der Waals surface area contributed by atoms with Crippen LogP contribution in [0.25, 0.3) is 21.8 Å². The first-order valence-corrected chi connectivity index (χ1v) is 54.8. The number of thiophene rings is 2. The van der Waals surface area contributed by atoms with Crippen molar-refractivity contribution in [3.05, 3.63) is 414 Å². The zero-order valence-corrected chi connectivity index (χ0v) is 86.5. The Bertz CT molecular complexity index is 6380. The van der Waals surface area contributed by atoms with Gasteiger partial charge in [0.2, 0.25) is 23.6 Å². The zero-order valence-electron chi connectivity index (χ0n) is 84.8. The second kappa shape index (κ2) is 50.7.